The Kier molecular flexibility index (Phi) is 6.29. The van der Waals surface area contributed by atoms with Crippen LogP contribution in [-0.4, -0.2) is 51.2 Å². The molecule has 0 spiro atoms. The number of fused-ring (bicyclic) bond motifs is 1. The van der Waals surface area contributed by atoms with Gasteiger partial charge in [0.2, 0.25) is 5.88 Å². The van der Waals surface area contributed by atoms with Crippen molar-refractivity contribution in [3.8, 4) is 5.88 Å². The van der Waals surface area contributed by atoms with Crippen molar-refractivity contribution >= 4 is 17.4 Å². The van der Waals surface area contributed by atoms with E-state index in [9.17, 15) is 9.18 Å². The summed E-state index contributed by atoms with van der Waals surface area (Å²) in [7, 11) is 0. The highest BCUT2D eigenvalue weighted by Gasteiger charge is 2.25. The number of rotatable bonds is 8. The summed E-state index contributed by atoms with van der Waals surface area (Å²) in [6, 6.07) is 3.82. The first kappa shape index (κ1) is 21.0. The third-order valence-corrected chi connectivity index (χ3v) is 5.52. The van der Waals surface area contributed by atoms with Crippen LogP contribution in [0.5, 0.6) is 5.88 Å². The van der Waals surface area contributed by atoms with Crippen LogP contribution in [0.25, 0.3) is 5.65 Å². The van der Waals surface area contributed by atoms with Gasteiger partial charge in [-0.3, -0.25) is 4.79 Å². The summed E-state index contributed by atoms with van der Waals surface area (Å²) >= 11 is 0. The molecule has 1 aliphatic heterocycles. The van der Waals surface area contributed by atoms with Crippen molar-refractivity contribution < 1.29 is 13.9 Å². The number of pyridine rings is 1. The second-order valence-corrected chi connectivity index (χ2v) is 7.77. The Morgan fingerprint density at radius 3 is 3.06 bits per heavy atom. The standard InChI is InChI=1S/C22H27FN6O2/c1-3-5-17-6-4-9-28(17)19-7-10-29-20(27-19)18(14-26-29)21(30)24-8-11-31-22-15(2)12-16(23)13-25-22/h7,10,12-14,17H,3-6,8-9,11H2,1-2H3,(H,24,30)/t17-/m0/s1. The van der Waals surface area contributed by atoms with Crippen LogP contribution in [0.1, 0.15) is 48.5 Å². The Bertz CT molecular complexity index is 1070. The summed E-state index contributed by atoms with van der Waals surface area (Å²) in [5.74, 6) is 0.566. The Balaban J connectivity index is 1.41. The molecule has 1 amide bonds. The van der Waals surface area contributed by atoms with Gasteiger partial charge in [-0.05, 0) is 38.3 Å². The molecule has 0 aliphatic carbocycles. The highest BCUT2D eigenvalue weighted by atomic mass is 19.1. The summed E-state index contributed by atoms with van der Waals surface area (Å²) in [4.78, 5) is 23.7. The van der Waals surface area contributed by atoms with Crippen molar-refractivity contribution in [1.82, 2.24) is 24.9 Å². The molecule has 3 aromatic heterocycles. The van der Waals surface area contributed by atoms with E-state index in [1.54, 1.807) is 11.4 Å². The van der Waals surface area contributed by atoms with Crippen LogP contribution in [0, 0.1) is 12.7 Å². The maximum atomic E-state index is 13.1. The molecule has 0 saturated carbocycles. The maximum Gasteiger partial charge on any atom is 0.256 e. The normalized spacial score (nSPS) is 16.1. The van der Waals surface area contributed by atoms with Crippen molar-refractivity contribution in [2.45, 2.75) is 45.6 Å². The molecule has 0 unspecified atom stereocenters. The second kappa shape index (κ2) is 9.28. The summed E-state index contributed by atoms with van der Waals surface area (Å²) < 4.78 is 20.3. The number of nitrogens with one attached hydrogen (secondary N) is 1. The van der Waals surface area contributed by atoms with E-state index < -0.39 is 5.82 Å². The molecule has 1 saturated heterocycles. The minimum Gasteiger partial charge on any atom is -0.476 e. The summed E-state index contributed by atoms with van der Waals surface area (Å²) in [5, 5.41) is 7.08. The molecular weight excluding hydrogens is 399 g/mol. The molecule has 4 heterocycles. The molecule has 164 valence electrons. The molecular formula is C22H27FN6O2. The van der Waals surface area contributed by atoms with Crippen LogP contribution in [0.2, 0.25) is 0 Å². The maximum absolute atomic E-state index is 13.1. The second-order valence-electron chi connectivity index (χ2n) is 7.77. The summed E-state index contributed by atoms with van der Waals surface area (Å²) in [5.41, 5.74) is 1.56. The number of amides is 1. The lowest BCUT2D eigenvalue weighted by Crippen LogP contribution is -2.30. The van der Waals surface area contributed by atoms with Crippen LogP contribution in [0.3, 0.4) is 0 Å². The van der Waals surface area contributed by atoms with Crippen LogP contribution < -0.4 is 15.0 Å². The molecule has 1 aliphatic rings. The fourth-order valence-corrected chi connectivity index (χ4v) is 4.04. The topological polar surface area (TPSA) is 84.7 Å². The summed E-state index contributed by atoms with van der Waals surface area (Å²) in [6.45, 7) is 5.40. The Morgan fingerprint density at radius 2 is 2.26 bits per heavy atom. The molecule has 1 N–H and O–H groups in total. The molecule has 1 fully saturated rings. The van der Waals surface area contributed by atoms with Gasteiger partial charge in [0, 0.05) is 24.3 Å². The zero-order chi connectivity index (χ0) is 21.8. The number of aryl methyl sites for hydroxylation is 1. The van der Waals surface area contributed by atoms with E-state index in [0.29, 0.717) is 28.7 Å². The van der Waals surface area contributed by atoms with Gasteiger partial charge < -0.3 is 15.0 Å². The number of carbonyl (C=O) groups is 1. The molecule has 9 heteroatoms. The first-order valence-corrected chi connectivity index (χ1v) is 10.7. The van der Waals surface area contributed by atoms with E-state index in [4.69, 9.17) is 9.72 Å². The van der Waals surface area contributed by atoms with Gasteiger partial charge in [0.1, 0.15) is 23.8 Å². The zero-order valence-corrected chi connectivity index (χ0v) is 17.8. The van der Waals surface area contributed by atoms with Gasteiger partial charge >= 0.3 is 0 Å². The van der Waals surface area contributed by atoms with Crippen molar-refractivity contribution in [2.24, 2.45) is 0 Å². The lowest BCUT2D eigenvalue weighted by Gasteiger charge is -2.25. The highest BCUT2D eigenvalue weighted by molar-refractivity contribution is 5.99. The van der Waals surface area contributed by atoms with Crippen LogP contribution >= 0.6 is 0 Å². The van der Waals surface area contributed by atoms with Crippen molar-refractivity contribution in [3.05, 3.63) is 47.7 Å². The lowest BCUT2D eigenvalue weighted by molar-refractivity contribution is 0.0948. The van der Waals surface area contributed by atoms with E-state index in [1.165, 1.54) is 18.7 Å². The fraction of sp³-hybridized carbons (Fsp3) is 0.455. The first-order valence-electron chi connectivity index (χ1n) is 10.7. The number of hydrogen-bond donors (Lipinski definition) is 1. The number of nitrogens with zero attached hydrogens (tertiary/aromatic N) is 5. The number of halogens is 1. The number of ether oxygens (including phenoxy) is 1. The number of carbonyl (C=O) groups excluding carboxylic acids is 1. The third kappa shape index (κ3) is 4.60. The zero-order valence-electron chi connectivity index (χ0n) is 17.8. The third-order valence-electron chi connectivity index (χ3n) is 5.52. The average Bonchev–Trinajstić information content (AvgIpc) is 3.39. The van der Waals surface area contributed by atoms with Gasteiger partial charge in [-0.25, -0.2) is 18.9 Å². The first-order chi connectivity index (χ1) is 15.1. The largest absolute Gasteiger partial charge is 0.476 e. The molecule has 8 nitrogen and oxygen atoms in total. The van der Waals surface area contributed by atoms with E-state index in [0.717, 1.165) is 37.8 Å². The van der Waals surface area contributed by atoms with Gasteiger partial charge in [0.15, 0.2) is 5.65 Å². The molecule has 1 atom stereocenters. The van der Waals surface area contributed by atoms with Crippen LogP contribution in [0.15, 0.2) is 30.7 Å². The monoisotopic (exact) mass is 426 g/mol. The molecule has 31 heavy (non-hydrogen) atoms. The number of hydrogen-bond acceptors (Lipinski definition) is 6. The highest BCUT2D eigenvalue weighted by Crippen LogP contribution is 2.27. The molecule has 0 bridgehead atoms. The van der Waals surface area contributed by atoms with Crippen LogP contribution in [0.4, 0.5) is 10.2 Å². The van der Waals surface area contributed by atoms with E-state index >= 15 is 0 Å². The van der Waals surface area contributed by atoms with E-state index in [-0.39, 0.29) is 19.1 Å². The predicted molar refractivity (Wildman–Crippen MR) is 115 cm³/mol. The van der Waals surface area contributed by atoms with Gasteiger partial charge in [-0.2, -0.15) is 5.10 Å². The SMILES string of the molecule is CCC[C@H]1CCCN1c1ccn2ncc(C(=O)NCCOc3ncc(F)cc3C)c2n1. The molecule has 3 aromatic rings. The number of aromatic nitrogens is 4. The number of anilines is 1. The van der Waals surface area contributed by atoms with Gasteiger partial charge in [-0.15, -0.1) is 0 Å². The Morgan fingerprint density at radius 1 is 1.39 bits per heavy atom. The van der Waals surface area contributed by atoms with Crippen molar-refractivity contribution in [3.63, 3.8) is 0 Å². The van der Waals surface area contributed by atoms with Gasteiger partial charge in [-0.1, -0.05) is 13.3 Å². The fourth-order valence-electron chi connectivity index (χ4n) is 4.04. The lowest BCUT2D eigenvalue weighted by atomic mass is 10.1. The van der Waals surface area contributed by atoms with E-state index in [2.05, 4.69) is 27.2 Å². The average molecular weight is 426 g/mol. The Labute approximate surface area is 180 Å². The van der Waals surface area contributed by atoms with Gasteiger partial charge in [0.05, 0.1) is 18.9 Å². The predicted octanol–water partition coefficient (Wildman–Crippen LogP) is 3.15. The van der Waals surface area contributed by atoms with Crippen LogP contribution in [-0.2, 0) is 0 Å². The quantitative estimate of drug-likeness (QED) is 0.557. The van der Waals surface area contributed by atoms with Gasteiger partial charge in [0.25, 0.3) is 5.91 Å². The smallest absolute Gasteiger partial charge is 0.256 e. The molecule has 4 rings (SSSR count). The molecule has 0 aromatic carbocycles. The minimum atomic E-state index is -0.409. The van der Waals surface area contributed by atoms with Crippen molar-refractivity contribution in [2.75, 3.05) is 24.6 Å². The Hall–Kier alpha value is -3.23. The molecule has 0 radical (unpaired) electrons. The van der Waals surface area contributed by atoms with Crippen molar-refractivity contribution in [1.29, 1.82) is 0 Å². The van der Waals surface area contributed by atoms with E-state index in [1.807, 2.05) is 12.3 Å². The summed E-state index contributed by atoms with van der Waals surface area (Å²) in [6.07, 6.45) is 9.10. The minimum absolute atomic E-state index is 0.218.